The summed E-state index contributed by atoms with van der Waals surface area (Å²) in [6.45, 7) is 14.2. The summed E-state index contributed by atoms with van der Waals surface area (Å²) in [4.78, 5) is 22.5. The van der Waals surface area contributed by atoms with E-state index in [4.69, 9.17) is 9.47 Å². The Morgan fingerprint density at radius 1 is 1.28 bits per heavy atom. The number of carbonyl (C=O) groups is 1. The highest BCUT2D eigenvalue weighted by Crippen LogP contribution is 2.27. The lowest BCUT2D eigenvalue weighted by atomic mass is 10.1. The quantitative estimate of drug-likeness (QED) is 0.197. The Balaban J connectivity index is 2.40. The number of benzene rings is 1. The van der Waals surface area contributed by atoms with Crippen LogP contribution in [0.2, 0.25) is 0 Å². The first-order chi connectivity index (χ1) is 18.8. The first-order valence-corrected chi connectivity index (χ1v) is 13.6. The first kappa shape index (κ1) is 31.8. The number of amides is 1. The Bertz CT molecular complexity index is 1130. The highest BCUT2D eigenvalue weighted by Gasteiger charge is 2.28. The summed E-state index contributed by atoms with van der Waals surface area (Å²) in [6, 6.07) is 8.05. The number of hydrogen-bond acceptors (Lipinski definition) is 6. The molecular weight excluding hydrogens is 488 g/mol. The molecule has 212 valence electrons. The summed E-state index contributed by atoms with van der Waals surface area (Å²) in [6.07, 6.45) is 11.4. The largest absolute Gasteiger partial charge is 0.484 e. The monoisotopic (exact) mass is 534 g/mol. The number of methoxy groups -OCH3 is 1. The molecule has 0 saturated heterocycles. The predicted molar refractivity (Wildman–Crippen MR) is 163 cm³/mol. The van der Waals surface area contributed by atoms with Crippen LogP contribution in [0.3, 0.4) is 0 Å². The van der Waals surface area contributed by atoms with Crippen LogP contribution < -0.4 is 10.2 Å². The fourth-order valence-electron chi connectivity index (χ4n) is 4.17. The number of nitrogens with zero attached hydrogens (tertiary/aromatic N) is 3. The molecule has 0 fully saturated rings. The van der Waals surface area contributed by atoms with Gasteiger partial charge in [0, 0.05) is 32.7 Å². The minimum absolute atomic E-state index is 0.0584. The molecule has 0 saturated carbocycles. The van der Waals surface area contributed by atoms with Gasteiger partial charge in [0.15, 0.2) is 5.90 Å². The molecule has 7 heteroatoms. The van der Waals surface area contributed by atoms with Crippen molar-refractivity contribution < 1.29 is 14.3 Å². The van der Waals surface area contributed by atoms with E-state index in [-0.39, 0.29) is 12.0 Å². The average molecular weight is 535 g/mol. The molecule has 1 amide bonds. The molecule has 1 aliphatic rings. The van der Waals surface area contributed by atoms with E-state index in [0.29, 0.717) is 37.0 Å². The molecular formula is C32H46N4O3. The van der Waals surface area contributed by atoms with Gasteiger partial charge in [0.25, 0.3) is 5.91 Å². The lowest BCUT2D eigenvalue weighted by molar-refractivity contribution is -0.114. The summed E-state index contributed by atoms with van der Waals surface area (Å²) in [5.41, 5.74) is 4.63. The van der Waals surface area contributed by atoms with Crippen molar-refractivity contribution in [1.82, 2.24) is 10.2 Å². The molecule has 7 nitrogen and oxygen atoms in total. The molecule has 39 heavy (non-hydrogen) atoms. The van der Waals surface area contributed by atoms with Crippen molar-refractivity contribution >= 4 is 17.5 Å². The third-order valence-corrected chi connectivity index (χ3v) is 6.70. The fourth-order valence-corrected chi connectivity index (χ4v) is 4.17. The Morgan fingerprint density at radius 3 is 2.69 bits per heavy atom. The molecule has 0 spiro atoms. The van der Waals surface area contributed by atoms with E-state index < -0.39 is 0 Å². The fraction of sp³-hybridized carbons (Fsp3) is 0.438. The van der Waals surface area contributed by atoms with E-state index in [9.17, 15) is 4.79 Å². The van der Waals surface area contributed by atoms with E-state index in [1.54, 1.807) is 20.1 Å². The van der Waals surface area contributed by atoms with Crippen LogP contribution in [-0.2, 0) is 20.9 Å². The zero-order valence-electron chi connectivity index (χ0n) is 24.8. The lowest BCUT2D eigenvalue weighted by Gasteiger charge is -2.23. The Labute approximate surface area is 235 Å². The van der Waals surface area contributed by atoms with Crippen molar-refractivity contribution in [2.24, 2.45) is 4.99 Å². The molecule has 1 atom stereocenters. The maximum absolute atomic E-state index is 14.0. The van der Waals surface area contributed by atoms with E-state index >= 15 is 0 Å². The van der Waals surface area contributed by atoms with Crippen molar-refractivity contribution in [1.29, 1.82) is 0 Å². The van der Waals surface area contributed by atoms with Crippen LogP contribution in [0.4, 0.5) is 5.69 Å². The van der Waals surface area contributed by atoms with Crippen LogP contribution in [0, 0.1) is 0 Å². The van der Waals surface area contributed by atoms with Gasteiger partial charge in [-0.3, -0.25) is 4.79 Å². The smallest absolute Gasteiger partial charge is 0.262 e. The van der Waals surface area contributed by atoms with Crippen molar-refractivity contribution in [3.8, 4) is 0 Å². The number of ether oxygens (including phenoxy) is 2. The maximum Gasteiger partial charge on any atom is 0.262 e. The lowest BCUT2D eigenvalue weighted by Crippen LogP contribution is -2.34. The maximum atomic E-state index is 14.0. The molecule has 0 radical (unpaired) electrons. The van der Waals surface area contributed by atoms with Gasteiger partial charge in [0.2, 0.25) is 0 Å². The molecule has 0 aliphatic carbocycles. The topological polar surface area (TPSA) is 66.4 Å². The number of nitrogens with one attached hydrogen (secondary N) is 1. The second-order valence-electron chi connectivity index (χ2n) is 9.54. The number of rotatable bonds is 13. The van der Waals surface area contributed by atoms with Gasteiger partial charge in [-0.15, -0.1) is 0 Å². The van der Waals surface area contributed by atoms with Crippen molar-refractivity contribution in [2.75, 3.05) is 45.7 Å². The number of anilines is 1. The van der Waals surface area contributed by atoms with Crippen molar-refractivity contribution in [3.63, 3.8) is 0 Å². The predicted octanol–water partition coefficient (Wildman–Crippen LogP) is 5.78. The zero-order chi connectivity index (χ0) is 28.8. The standard InChI is InChI=1S/C32H46N4O3/c1-9-12-15-27(11-3)30(17-18-33-6)39-23-26-14-13-16-28(22-26)36-20-19-35(7)31(34-25(5)38-8)29(32(36)37)21-24(4)10-2/h9,11-16,21-22,30,33H,1,10,17-20,23H2,2-8H3/b15-12-,24-21-,27-11+,34-25?. The van der Waals surface area contributed by atoms with E-state index in [1.807, 2.05) is 80.2 Å². The van der Waals surface area contributed by atoms with Crippen LogP contribution in [-0.4, -0.2) is 63.6 Å². The second-order valence-corrected chi connectivity index (χ2v) is 9.54. The van der Waals surface area contributed by atoms with Crippen molar-refractivity contribution in [2.45, 2.75) is 53.2 Å². The summed E-state index contributed by atoms with van der Waals surface area (Å²) >= 11 is 0. The molecule has 0 aromatic heterocycles. The summed E-state index contributed by atoms with van der Waals surface area (Å²) in [5.74, 6) is 1.05. The molecule has 0 bridgehead atoms. The number of hydrogen-bond donors (Lipinski definition) is 1. The number of allylic oxidation sites excluding steroid dienone is 4. The van der Waals surface area contributed by atoms with Crippen LogP contribution in [0.15, 0.2) is 88.8 Å². The van der Waals surface area contributed by atoms with Gasteiger partial charge in [-0.1, -0.05) is 55.5 Å². The summed E-state index contributed by atoms with van der Waals surface area (Å²) in [5, 5.41) is 3.21. The highest BCUT2D eigenvalue weighted by molar-refractivity contribution is 6.08. The third-order valence-electron chi connectivity index (χ3n) is 6.70. The molecule has 2 rings (SSSR count). The zero-order valence-corrected chi connectivity index (χ0v) is 24.8. The minimum Gasteiger partial charge on any atom is -0.484 e. The molecule has 1 aromatic rings. The second kappa shape index (κ2) is 16.5. The number of likely N-dealkylation sites (N-methyl/N-ethyl adjacent to an activating group) is 1. The number of carbonyl (C=O) groups excluding carboxylic acids is 1. The van der Waals surface area contributed by atoms with Gasteiger partial charge in [-0.2, -0.15) is 4.99 Å². The number of aliphatic imine (C=N–C) groups is 1. The molecule has 1 aromatic carbocycles. The summed E-state index contributed by atoms with van der Waals surface area (Å²) < 4.78 is 11.7. The SMILES string of the molecule is C=C/C=C\C(=C/C)C(CCNC)OCc1cccc(N2CCN(C)C(N=C(C)OC)=C(/C=C(/C)CC)C2=O)c1. The van der Waals surface area contributed by atoms with Gasteiger partial charge < -0.3 is 24.6 Å². The third kappa shape index (κ3) is 9.37. The van der Waals surface area contributed by atoms with Gasteiger partial charge >= 0.3 is 0 Å². The van der Waals surface area contributed by atoms with Crippen LogP contribution in [0.1, 0.15) is 46.1 Å². The van der Waals surface area contributed by atoms with Gasteiger partial charge in [0.05, 0.1) is 25.4 Å². The van der Waals surface area contributed by atoms with Gasteiger partial charge in [0.1, 0.15) is 5.82 Å². The van der Waals surface area contributed by atoms with E-state index in [2.05, 4.69) is 29.9 Å². The Morgan fingerprint density at radius 2 is 2.05 bits per heavy atom. The molecule has 1 unspecified atom stereocenters. The average Bonchev–Trinajstić information content (AvgIpc) is 3.05. The minimum atomic E-state index is -0.0782. The first-order valence-electron chi connectivity index (χ1n) is 13.6. The van der Waals surface area contributed by atoms with E-state index in [1.165, 1.54) is 0 Å². The molecule has 1 heterocycles. The van der Waals surface area contributed by atoms with Crippen LogP contribution >= 0.6 is 0 Å². The normalized spacial score (nSPS) is 16.7. The van der Waals surface area contributed by atoms with Crippen molar-refractivity contribution in [3.05, 3.63) is 89.3 Å². The van der Waals surface area contributed by atoms with Crippen LogP contribution in [0.5, 0.6) is 0 Å². The molecule has 1 N–H and O–H groups in total. The highest BCUT2D eigenvalue weighted by atomic mass is 16.5. The summed E-state index contributed by atoms with van der Waals surface area (Å²) in [7, 11) is 5.49. The molecule has 1 aliphatic heterocycles. The Hall–Kier alpha value is -3.42. The Kier molecular flexibility index (Phi) is 13.5. The van der Waals surface area contributed by atoms with Gasteiger partial charge in [-0.05, 0) is 69.6 Å². The van der Waals surface area contributed by atoms with Gasteiger partial charge in [-0.25, -0.2) is 0 Å². The van der Waals surface area contributed by atoms with Crippen LogP contribution in [0.25, 0.3) is 0 Å². The van der Waals surface area contributed by atoms with E-state index in [0.717, 1.165) is 41.8 Å².